The first kappa shape index (κ1) is 22.4. The van der Waals surface area contributed by atoms with E-state index in [1.807, 2.05) is 55.5 Å². The van der Waals surface area contributed by atoms with Gasteiger partial charge in [0.15, 0.2) is 0 Å². The molecule has 1 aromatic heterocycles. The van der Waals surface area contributed by atoms with Crippen LogP contribution in [0.1, 0.15) is 31.7 Å². The van der Waals surface area contributed by atoms with Gasteiger partial charge in [0.1, 0.15) is 16.8 Å². The van der Waals surface area contributed by atoms with E-state index in [0.717, 1.165) is 45.5 Å². The molecule has 0 unspecified atom stereocenters. The van der Waals surface area contributed by atoms with Crippen molar-refractivity contribution in [2.24, 2.45) is 0 Å². The number of ether oxygens (including phenoxy) is 1. The molecule has 0 saturated carbocycles. The molecule has 0 radical (unpaired) electrons. The molecule has 1 saturated heterocycles. The van der Waals surface area contributed by atoms with Crippen molar-refractivity contribution in [2.45, 2.75) is 31.2 Å². The van der Waals surface area contributed by atoms with Gasteiger partial charge >= 0.3 is 0 Å². The fraction of sp³-hybridized carbons (Fsp3) is 0.333. The lowest BCUT2D eigenvalue weighted by molar-refractivity contribution is 0.242. The first-order valence-electron chi connectivity index (χ1n) is 11.4. The van der Waals surface area contributed by atoms with Crippen molar-refractivity contribution in [3.63, 3.8) is 0 Å². The molecule has 1 aliphatic heterocycles. The van der Waals surface area contributed by atoms with Gasteiger partial charge in [-0.2, -0.15) is 5.26 Å². The number of likely N-dealkylation sites (tertiary alicyclic amines) is 1. The number of piperidine rings is 1. The summed E-state index contributed by atoms with van der Waals surface area (Å²) in [6, 6.07) is 22.6. The van der Waals surface area contributed by atoms with E-state index >= 15 is 0 Å². The average molecular weight is 444 g/mol. The summed E-state index contributed by atoms with van der Waals surface area (Å²) in [5.41, 5.74) is 4.54. The predicted molar refractivity (Wildman–Crippen MR) is 132 cm³/mol. The Hall–Kier alpha value is -2.81. The zero-order chi connectivity index (χ0) is 22.2. The second kappa shape index (κ2) is 11.2. The number of nitriles is 1. The van der Waals surface area contributed by atoms with Crippen LogP contribution in [0.5, 0.6) is 5.75 Å². The van der Waals surface area contributed by atoms with Crippen LogP contribution < -0.4 is 4.74 Å². The minimum absolute atomic E-state index is 0.643. The minimum atomic E-state index is 0.643. The number of pyridine rings is 1. The Morgan fingerprint density at radius 1 is 1.00 bits per heavy atom. The number of nitrogens with zero attached hydrogens (tertiary/aromatic N) is 3. The molecule has 164 valence electrons. The van der Waals surface area contributed by atoms with E-state index in [4.69, 9.17) is 9.72 Å². The van der Waals surface area contributed by atoms with Gasteiger partial charge in [-0.25, -0.2) is 4.98 Å². The summed E-state index contributed by atoms with van der Waals surface area (Å²) < 4.78 is 5.59. The third-order valence-corrected chi connectivity index (χ3v) is 6.69. The summed E-state index contributed by atoms with van der Waals surface area (Å²) in [6.07, 6.45) is 3.92. The molecule has 0 bridgehead atoms. The summed E-state index contributed by atoms with van der Waals surface area (Å²) in [5.74, 6) is 1.78. The molecule has 0 N–H and O–H groups in total. The molecule has 32 heavy (non-hydrogen) atoms. The highest BCUT2D eigenvalue weighted by atomic mass is 32.2. The number of hydrogen-bond acceptors (Lipinski definition) is 5. The lowest BCUT2D eigenvalue weighted by atomic mass is 9.99. The molecule has 4 nitrogen and oxygen atoms in total. The van der Waals surface area contributed by atoms with Crippen molar-refractivity contribution < 1.29 is 4.74 Å². The first-order chi connectivity index (χ1) is 15.8. The van der Waals surface area contributed by atoms with Crippen LogP contribution in [0.3, 0.4) is 0 Å². The zero-order valence-electron chi connectivity index (χ0n) is 18.6. The fourth-order valence-corrected chi connectivity index (χ4v) is 5.08. The van der Waals surface area contributed by atoms with E-state index in [1.165, 1.54) is 32.4 Å². The van der Waals surface area contributed by atoms with E-state index in [-0.39, 0.29) is 0 Å². The highest BCUT2D eigenvalue weighted by Crippen LogP contribution is 2.34. The van der Waals surface area contributed by atoms with Crippen LogP contribution in [0.4, 0.5) is 0 Å². The van der Waals surface area contributed by atoms with Gasteiger partial charge in [0, 0.05) is 23.4 Å². The van der Waals surface area contributed by atoms with Crippen LogP contribution in [0.15, 0.2) is 65.7 Å². The molecule has 0 atom stereocenters. The molecule has 1 aliphatic rings. The Morgan fingerprint density at radius 3 is 2.44 bits per heavy atom. The van der Waals surface area contributed by atoms with E-state index < -0.39 is 0 Å². The van der Waals surface area contributed by atoms with E-state index in [9.17, 15) is 5.26 Å². The number of thioether (sulfide) groups is 1. The minimum Gasteiger partial charge on any atom is -0.494 e. The Morgan fingerprint density at radius 2 is 1.75 bits per heavy atom. The molecule has 0 amide bonds. The van der Waals surface area contributed by atoms with Gasteiger partial charge in [0.2, 0.25) is 0 Å². The summed E-state index contributed by atoms with van der Waals surface area (Å²) in [6.45, 7) is 6.02. The third-order valence-electron chi connectivity index (χ3n) is 5.74. The van der Waals surface area contributed by atoms with E-state index in [0.29, 0.717) is 12.2 Å². The van der Waals surface area contributed by atoms with Crippen molar-refractivity contribution >= 4 is 11.8 Å². The standard InChI is InChI=1S/C27H29N3OS/c1-2-31-23-13-11-22(12-14-23)26-19-24(21-9-5-3-6-10-21)25(20-28)27(29-26)32-18-17-30-15-7-4-8-16-30/h3,5-6,9-14,19H,2,4,7-8,15-18H2,1H3. The number of hydrogen-bond donors (Lipinski definition) is 0. The molecule has 0 aliphatic carbocycles. The quantitative estimate of drug-likeness (QED) is 0.384. The smallest absolute Gasteiger partial charge is 0.119 e. The van der Waals surface area contributed by atoms with E-state index in [1.54, 1.807) is 11.8 Å². The lowest BCUT2D eigenvalue weighted by Gasteiger charge is -2.26. The molecular formula is C27H29N3OS. The zero-order valence-corrected chi connectivity index (χ0v) is 19.4. The maximum atomic E-state index is 10.0. The average Bonchev–Trinajstić information content (AvgIpc) is 2.85. The summed E-state index contributed by atoms with van der Waals surface area (Å²) in [5, 5.41) is 10.8. The first-order valence-corrected chi connectivity index (χ1v) is 12.4. The maximum absolute atomic E-state index is 10.0. The van der Waals surface area contributed by atoms with Crippen molar-refractivity contribution in [1.82, 2.24) is 9.88 Å². The SMILES string of the molecule is CCOc1ccc(-c2cc(-c3ccccc3)c(C#N)c(SCCN3CCCCC3)n2)cc1. The lowest BCUT2D eigenvalue weighted by Crippen LogP contribution is -2.31. The van der Waals surface area contributed by atoms with Crippen molar-refractivity contribution in [3.05, 3.63) is 66.2 Å². The maximum Gasteiger partial charge on any atom is 0.119 e. The third kappa shape index (κ3) is 5.51. The van der Waals surface area contributed by atoms with Gasteiger partial charge < -0.3 is 9.64 Å². The van der Waals surface area contributed by atoms with Gasteiger partial charge in [-0.05, 0) is 68.8 Å². The van der Waals surface area contributed by atoms with E-state index in [2.05, 4.69) is 23.1 Å². The molecular weight excluding hydrogens is 414 g/mol. The molecule has 3 aromatic rings. The second-order valence-corrected chi connectivity index (χ2v) is 9.00. The summed E-state index contributed by atoms with van der Waals surface area (Å²) in [4.78, 5) is 7.46. The van der Waals surface area contributed by atoms with Crippen molar-refractivity contribution in [3.8, 4) is 34.2 Å². The molecule has 2 heterocycles. The van der Waals surface area contributed by atoms with Crippen molar-refractivity contribution in [2.75, 3.05) is 32.0 Å². The van der Waals surface area contributed by atoms with Gasteiger partial charge in [-0.15, -0.1) is 11.8 Å². The van der Waals surface area contributed by atoms with Crippen LogP contribution in [0.2, 0.25) is 0 Å². The number of rotatable bonds is 8. The molecule has 0 spiro atoms. The highest BCUT2D eigenvalue weighted by Gasteiger charge is 2.17. The number of aromatic nitrogens is 1. The molecule has 2 aromatic carbocycles. The Kier molecular flexibility index (Phi) is 7.82. The van der Waals surface area contributed by atoms with Crippen LogP contribution in [0, 0.1) is 11.3 Å². The van der Waals surface area contributed by atoms with Gasteiger partial charge in [0.05, 0.1) is 17.9 Å². The van der Waals surface area contributed by atoms with Gasteiger partial charge in [-0.3, -0.25) is 0 Å². The molecule has 1 fully saturated rings. The van der Waals surface area contributed by atoms with Gasteiger partial charge in [0.25, 0.3) is 0 Å². The molecule has 5 heteroatoms. The normalized spacial score (nSPS) is 14.1. The van der Waals surface area contributed by atoms with Crippen LogP contribution >= 0.6 is 11.8 Å². The monoisotopic (exact) mass is 443 g/mol. The predicted octanol–water partition coefficient (Wildman–Crippen LogP) is 6.26. The topological polar surface area (TPSA) is 49.1 Å². The number of benzene rings is 2. The van der Waals surface area contributed by atoms with Crippen LogP contribution in [-0.4, -0.2) is 41.9 Å². The van der Waals surface area contributed by atoms with Crippen molar-refractivity contribution in [1.29, 1.82) is 5.26 Å². The summed E-state index contributed by atoms with van der Waals surface area (Å²) in [7, 11) is 0. The highest BCUT2D eigenvalue weighted by molar-refractivity contribution is 7.99. The molecule has 4 rings (SSSR count). The largest absolute Gasteiger partial charge is 0.494 e. The Labute approximate surface area is 195 Å². The second-order valence-electron chi connectivity index (χ2n) is 7.92. The summed E-state index contributed by atoms with van der Waals surface area (Å²) >= 11 is 1.69. The Bertz CT molecular complexity index is 1050. The van der Waals surface area contributed by atoms with Crippen LogP contribution in [0.25, 0.3) is 22.4 Å². The Balaban J connectivity index is 1.66. The van der Waals surface area contributed by atoms with Gasteiger partial charge in [-0.1, -0.05) is 36.8 Å². The fourth-order valence-electron chi connectivity index (χ4n) is 4.07. The van der Waals surface area contributed by atoms with Crippen LogP contribution in [-0.2, 0) is 0 Å².